The second-order valence-corrected chi connectivity index (χ2v) is 5.91. The Hall–Kier alpha value is -1.43. The first-order valence-electron chi connectivity index (χ1n) is 7.95. The van der Waals surface area contributed by atoms with Crippen LogP contribution in [0.1, 0.15) is 24.8 Å². The molecule has 3 atom stereocenters. The predicted octanol–water partition coefficient (Wildman–Crippen LogP) is 0.551. The lowest BCUT2D eigenvalue weighted by Gasteiger charge is -2.29. The summed E-state index contributed by atoms with van der Waals surface area (Å²) in [5.74, 6) is -0.0734. The molecule has 2 rings (SSSR count). The third-order valence-electron chi connectivity index (χ3n) is 4.46. The third-order valence-corrected chi connectivity index (χ3v) is 4.46. The Morgan fingerprint density at radius 3 is 2.73 bits per heavy atom. The smallest absolute Gasteiger partial charge is 0.221 e. The summed E-state index contributed by atoms with van der Waals surface area (Å²) >= 11 is 0. The Balaban J connectivity index is 1.93. The number of amides is 1. The number of carbonyl (C=O) groups excluding carboxylic acids is 1. The molecule has 1 aliphatic rings. The van der Waals surface area contributed by atoms with Crippen molar-refractivity contribution in [2.24, 2.45) is 0 Å². The molecule has 1 saturated heterocycles. The van der Waals surface area contributed by atoms with Gasteiger partial charge in [-0.3, -0.25) is 9.69 Å². The van der Waals surface area contributed by atoms with Crippen LogP contribution in [0.3, 0.4) is 0 Å². The van der Waals surface area contributed by atoms with Crippen LogP contribution in [0.4, 0.5) is 0 Å². The summed E-state index contributed by atoms with van der Waals surface area (Å²) in [7, 11) is 1.60. The summed E-state index contributed by atoms with van der Waals surface area (Å²) in [5, 5.41) is 22.3. The second-order valence-electron chi connectivity index (χ2n) is 5.91. The molecule has 122 valence electrons. The number of hydrogen-bond donors (Lipinski definition) is 3. The van der Waals surface area contributed by atoms with Gasteiger partial charge in [0.1, 0.15) is 0 Å². The maximum absolute atomic E-state index is 11.6. The van der Waals surface area contributed by atoms with Gasteiger partial charge in [0.05, 0.1) is 12.7 Å². The second kappa shape index (κ2) is 8.27. The maximum atomic E-state index is 11.6. The van der Waals surface area contributed by atoms with Crippen LogP contribution in [0.15, 0.2) is 30.3 Å². The van der Waals surface area contributed by atoms with E-state index in [0.29, 0.717) is 6.42 Å². The van der Waals surface area contributed by atoms with Crippen LogP contribution < -0.4 is 5.32 Å². The molecule has 0 bridgehead atoms. The summed E-state index contributed by atoms with van der Waals surface area (Å²) in [6, 6.07) is 10.0. The molecule has 1 heterocycles. The number of aliphatic hydroxyl groups is 2. The highest BCUT2D eigenvalue weighted by Crippen LogP contribution is 2.27. The van der Waals surface area contributed by atoms with Gasteiger partial charge in [0, 0.05) is 25.6 Å². The minimum Gasteiger partial charge on any atom is -0.395 e. The van der Waals surface area contributed by atoms with Crippen LogP contribution in [0.5, 0.6) is 0 Å². The Labute approximate surface area is 131 Å². The van der Waals surface area contributed by atoms with Crippen LogP contribution in [-0.2, 0) is 11.2 Å². The molecule has 1 aromatic rings. The largest absolute Gasteiger partial charge is 0.395 e. The SMILES string of the molecule is CNC(=O)C[C@@H]1[C@@H](O)C[C@@H](CO)N1CCCc1ccccc1. The number of likely N-dealkylation sites (tertiary alicyclic amines) is 1. The Morgan fingerprint density at radius 2 is 2.09 bits per heavy atom. The molecule has 1 amide bonds. The van der Waals surface area contributed by atoms with Crippen molar-refractivity contribution in [2.75, 3.05) is 20.2 Å². The molecule has 3 N–H and O–H groups in total. The molecule has 0 radical (unpaired) electrons. The van der Waals surface area contributed by atoms with Gasteiger partial charge >= 0.3 is 0 Å². The fraction of sp³-hybridized carbons (Fsp3) is 0.588. The van der Waals surface area contributed by atoms with Gasteiger partial charge in [0.25, 0.3) is 0 Å². The lowest BCUT2D eigenvalue weighted by molar-refractivity contribution is -0.122. The number of nitrogens with one attached hydrogen (secondary N) is 1. The van der Waals surface area contributed by atoms with Crippen molar-refractivity contribution < 1.29 is 15.0 Å². The van der Waals surface area contributed by atoms with E-state index in [1.54, 1.807) is 7.05 Å². The van der Waals surface area contributed by atoms with Gasteiger partial charge in [-0.15, -0.1) is 0 Å². The topological polar surface area (TPSA) is 72.8 Å². The van der Waals surface area contributed by atoms with Crippen molar-refractivity contribution in [3.8, 4) is 0 Å². The molecule has 1 aromatic carbocycles. The first kappa shape index (κ1) is 16.9. The molecule has 0 saturated carbocycles. The van der Waals surface area contributed by atoms with E-state index in [9.17, 15) is 15.0 Å². The zero-order valence-electron chi connectivity index (χ0n) is 13.1. The van der Waals surface area contributed by atoms with E-state index in [1.807, 2.05) is 18.2 Å². The molecule has 1 fully saturated rings. The van der Waals surface area contributed by atoms with Gasteiger partial charge in [-0.25, -0.2) is 0 Å². The number of benzene rings is 1. The number of nitrogens with zero attached hydrogens (tertiary/aromatic N) is 1. The summed E-state index contributed by atoms with van der Waals surface area (Å²) in [4.78, 5) is 13.7. The van der Waals surface area contributed by atoms with Crippen molar-refractivity contribution in [2.45, 2.75) is 43.9 Å². The molecule has 0 aromatic heterocycles. The zero-order valence-corrected chi connectivity index (χ0v) is 13.1. The standard InChI is InChI=1S/C17H26N2O3/c1-18-17(22)11-15-16(21)10-14(12-20)19(15)9-5-8-13-6-3-2-4-7-13/h2-4,6-7,14-16,20-21H,5,8-12H2,1H3,(H,18,22)/t14-,15+,16-/m0/s1. The Morgan fingerprint density at radius 1 is 1.36 bits per heavy atom. The van der Waals surface area contributed by atoms with Crippen LogP contribution in [0.2, 0.25) is 0 Å². The van der Waals surface area contributed by atoms with Gasteiger partial charge in [-0.05, 0) is 31.4 Å². The number of aliphatic hydroxyl groups excluding tert-OH is 2. The number of rotatable bonds is 7. The highest BCUT2D eigenvalue weighted by molar-refractivity contribution is 5.76. The molecule has 5 heteroatoms. The van der Waals surface area contributed by atoms with Gasteiger partial charge in [-0.1, -0.05) is 30.3 Å². The Bertz CT molecular complexity index is 466. The minimum absolute atomic E-state index is 0.0205. The van der Waals surface area contributed by atoms with Crippen molar-refractivity contribution in [1.29, 1.82) is 0 Å². The van der Waals surface area contributed by atoms with E-state index >= 15 is 0 Å². The molecular weight excluding hydrogens is 280 g/mol. The van der Waals surface area contributed by atoms with Crippen LogP contribution in [0.25, 0.3) is 0 Å². The average Bonchev–Trinajstić information content (AvgIpc) is 2.84. The fourth-order valence-electron chi connectivity index (χ4n) is 3.25. The quantitative estimate of drug-likeness (QED) is 0.688. The van der Waals surface area contributed by atoms with Crippen LogP contribution >= 0.6 is 0 Å². The lowest BCUT2D eigenvalue weighted by atomic mass is 10.1. The molecule has 22 heavy (non-hydrogen) atoms. The van der Waals surface area contributed by atoms with Gasteiger partial charge in [-0.2, -0.15) is 0 Å². The van der Waals surface area contributed by atoms with Gasteiger partial charge in [0.2, 0.25) is 5.91 Å². The number of carbonyl (C=O) groups is 1. The minimum atomic E-state index is -0.550. The first-order chi connectivity index (χ1) is 10.7. The van der Waals surface area contributed by atoms with Crippen molar-refractivity contribution >= 4 is 5.91 Å². The number of aryl methyl sites for hydroxylation is 1. The van der Waals surface area contributed by atoms with Crippen LogP contribution in [-0.4, -0.2) is 59.4 Å². The summed E-state index contributed by atoms with van der Waals surface area (Å²) in [6.45, 7) is 0.797. The van der Waals surface area contributed by atoms with Gasteiger partial charge < -0.3 is 15.5 Å². The van der Waals surface area contributed by atoms with Crippen molar-refractivity contribution in [3.05, 3.63) is 35.9 Å². The molecular formula is C17H26N2O3. The average molecular weight is 306 g/mol. The van der Waals surface area contributed by atoms with Gasteiger partial charge in [0.15, 0.2) is 0 Å². The first-order valence-corrected chi connectivity index (χ1v) is 7.95. The molecule has 0 unspecified atom stereocenters. The monoisotopic (exact) mass is 306 g/mol. The van der Waals surface area contributed by atoms with E-state index in [2.05, 4.69) is 22.3 Å². The van der Waals surface area contributed by atoms with E-state index in [-0.39, 0.29) is 31.0 Å². The molecule has 0 aliphatic carbocycles. The van der Waals surface area contributed by atoms with E-state index in [4.69, 9.17) is 0 Å². The predicted molar refractivity (Wildman–Crippen MR) is 85.4 cm³/mol. The summed E-state index contributed by atoms with van der Waals surface area (Å²) in [6.07, 6.45) is 2.16. The molecule has 1 aliphatic heterocycles. The zero-order chi connectivity index (χ0) is 15.9. The van der Waals surface area contributed by atoms with E-state index < -0.39 is 6.10 Å². The highest BCUT2D eigenvalue weighted by atomic mass is 16.3. The summed E-state index contributed by atoms with van der Waals surface area (Å²) in [5.41, 5.74) is 1.28. The van der Waals surface area contributed by atoms with Crippen molar-refractivity contribution in [3.63, 3.8) is 0 Å². The fourth-order valence-corrected chi connectivity index (χ4v) is 3.25. The number of hydrogen-bond acceptors (Lipinski definition) is 4. The maximum Gasteiger partial charge on any atom is 0.221 e. The van der Waals surface area contributed by atoms with E-state index in [0.717, 1.165) is 19.4 Å². The lowest BCUT2D eigenvalue weighted by Crippen LogP contribution is -2.43. The van der Waals surface area contributed by atoms with E-state index in [1.165, 1.54) is 5.56 Å². The molecule has 5 nitrogen and oxygen atoms in total. The molecule has 0 spiro atoms. The summed E-state index contributed by atoms with van der Waals surface area (Å²) < 4.78 is 0. The third kappa shape index (κ3) is 4.29. The normalized spacial score (nSPS) is 25.3. The van der Waals surface area contributed by atoms with Crippen LogP contribution in [0, 0.1) is 0 Å². The van der Waals surface area contributed by atoms with Crippen molar-refractivity contribution in [1.82, 2.24) is 10.2 Å². The Kier molecular flexibility index (Phi) is 6.36. The highest BCUT2D eigenvalue weighted by Gasteiger charge is 2.40.